The summed E-state index contributed by atoms with van der Waals surface area (Å²) in [6.45, 7) is 24.5. The van der Waals surface area contributed by atoms with Crippen LogP contribution in [0.3, 0.4) is 0 Å². The van der Waals surface area contributed by atoms with Gasteiger partial charge in [-0.1, -0.05) is 144 Å². The van der Waals surface area contributed by atoms with E-state index in [0.717, 1.165) is 0 Å². The third-order valence-corrected chi connectivity index (χ3v) is 7.00. The zero-order valence-electron chi connectivity index (χ0n) is 24.6. The van der Waals surface area contributed by atoms with Crippen molar-refractivity contribution >= 4 is 27.1 Å². The Morgan fingerprint density at radius 3 is 2.18 bits per heavy atom. The summed E-state index contributed by atoms with van der Waals surface area (Å²) in [5.74, 6) is 1.08. The van der Waals surface area contributed by atoms with E-state index >= 15 is 0 Å². The molecule has 0 nitrogen and oxygen atoms in total. The summed E-state index contributed by atoms with van der Waals surface area (Å²) in [5, 5.41) is 5.35. The van der Waals surface area contributed by atoms with Crippen LogP contribution in [0.2, 0.25) is 0 Å². The maximum atomic E-state index is 3.90. The molecule has 0 aromatic heterocycles. The highest BCUT2D eigenvalue weighted by Crippen LogP contribution is 2.52. The fraction of sp³-hybridized carbons (Fsp3) is 0.263. The molecule has 3 aromatic rings. The molecule has 5 rings (SSSR count). The zero-order valence-corrected chi connectivity index (χ0v) is 24.6. The fourth-order valence-electron chi connectivity index (χ4n) is 5.52. The van der Waals surface area contributed by atoms with E-state index in [9.17, 15) is 0 Å². The van der Waals surface area contributed by atoms with Crippen LogP contribution in [0.15, 0.2) is 128 Å². The van der Waals surface area contributed by atoms with Gasteiger partial charge in [0.25, 0.3) is 0 Å². The molecule has 0 radical (unpaired) electrons. The standard InChI is InChI=1S/C32H30.2C2H6.C2H4/c1-5-7-11-24-19-31-30(20-25(24)18-21(3)10-6-2)22(4)26-16-17-28-27-13-9-8-12-23(27)14-15-29(28)32(26)31;3*1-2/h5-20,22,24-25H,1H2,2-4H3;2*1-2H3;1-2H2/b10-6-,11-7+,21-18+;;;. The Bertz CT molecular complexity index is 1390. The molecule has 0 heterocycles. The van der Waals surface area contributed by atoms with Gasteiger partial charge in [0.05, 0.1) is 0 Å². The van der Waals surface area contributed by atoms with E-state index < -0.39 is 0 Å². The summed E-state index contributed by atoms with van der Waals surface area (Å²) < 4.78 is 0. The van der Waals surface area contributed by atoms with Crippen LogP contribution in [0.4, 0.5) is 0 Å². The molecule has 0 saturated carbocycles. The molecule has 198 valence electrons. The Balaban J connectivity index is 0.000000791. The van der Waals surface area contributed by atoms with Crippen LogP contribution in [0.1, 0.15) is 65.5 Å². The normalized spacial score (nSPS) is 19.8. The highest BCUT2D eigenvalue weighted by molar-refractivity contribution is 6.13. The Kier molecular flexibility index (Phi) is 12.0. The highest BCUT2D eigenvalue weighted by Gasteiger charge is 2.34. The quantitative estimate of drug-likeness (QED) is 0.189. The number of hydrogen-bond acceptors (Lipinski definition) is 0. The molecule has 2 aliphatic rings. The van der Waals surface area contributed by atoms with Crippen LogP contribution in [0.5, 0.6) is 0 Å². The van der Waals surface area contributed by atoms with E-state index in [0.29, 0.717) is 17.8 Å². The molecule has 0 amide bonds. The van der Waals surface area contributed by atoms with Crippen LogP contribution in [-0.2, 0) is 0 Å². The number of hydrogen-bond donors (Lipinski definition) is 0. The van der Waals surface area contributed by atoms with Gasteiger partial charge in [-0.2, -0.15) is 0 Å². The van der Waals surface area contributed by atoms with E-state index in [2.05, 4.69) is 132 Å². The molecule has 0 saturated heterocycles. The van der Waals surface area contributed by atoms with Crippen molar-refractivity contribution in [1.29, 1.82) is 0 Å². The number of fused-ring (bicyclic) bond motifs is 7. The maximum Gasteiger partial charge on any atom is 0.00704 e. The van der Waals surface area contributed by atoms with Crippen molar-refractivity contribution in [2.75, 3.05) is 0 Å². The minimum Gasteiger partial charge on any atom is -0.106 e. The van der Waals surface area contributed by atoms with Crippen molar-refractivity contribution in [1.82, 2.24) is 0 Å². The third kappa shape index (κ3) is 6.08. The predicted molar refractivity (Wildman–Crippen MR) is 175 cm³/mol. The highest BCUT2D eigenvalue weighted by atomic mass is 14.4. The van der Waals surface area contributed by atoms with Crippen LogP contribution >= 0.6 is 0 Å². The molecule has 3 unspecified atom stereocenters. The van der Waals surface area contributed by atoms with E-state index in [1.807, 2.05) is 33.8 Å². The second-order valence-corrected chi connectivity index (χ2v) is 9.02. The maximum absolute atomic E-state index is 3.90. The van der Waals surface area contributed by atoms with Crippen LogP contribution in [-0.4, -0.2) is 0 Å². The first-order valence-corrected chi connectivity index (χ1v) is 14.1. The van der Waals surface area contributed by atoms with Gasteiger partial charge >= 0.3 is 0 Å². The lowest BCUT2D eigenvalue weighted by Crippen LogP contribution is -2.12. The van der Waals surface area contributed by atoms with Gasteiger partial charge in [0.15, 0.2) is 0 Å². The average molecular weight is 503 g/mol. The Morgan fingerprint density at radius 2 is 1.50 bits per heavy atom. The second kappa shape index (κ2) is 14.9. The topological polar surface area (TPSA) is 0 Å². The number of rotatable bonds is 4. The summed E-state index contributed by atoms with van der Waals surface area (Å²) in [5.41, 5.74) is 7.07. The molecule has 0 spiro atoms. The van der Waals surface area contributed by atoms with Gasteiger partial charge in [-0.3, -0.25) is 0 Å². The molecule has 0 N–H and O–H groups in total. The van der Waals surface area contributed by atoms with Gasteiger partial charge in [0.2, 0.25) is 0 Å². The summed E-state index contributed by atoms with van der Waals surface area (Å²) in [4.78, 5) is 0. The summed E-state index contributed by atoms with van der Waals surface area (Å²) >= 11 is 0. The minimum absolute atomic E-state index is 0.320. The Labute approximate surface area is 232 Å². The van der Waals surface area contributed by atoms with E-state index in [-0.39, 0.29) is 0 Å². The van der Waals surface area contributed by atoms with Crippen molar-refractivity contribution in [3.05, 3.63) is 139 Å². The molecule has 3 atom stereocenters. The van der Waals surface area contributed by atoms with Crippen molar-refractivity contribution in [2.45, 2.75) is 54.4 Å². The lowest BCUT2D eigenvalue weighted by molar-refractivity contribution is 0.657. The van der Waals surface area contributed by atoms with Gasteiger partial charge in [-0.05, 0) is 57.7 Å². The first kappa shape index (κ1) is 30.6. The van der Waals surface area contributed by atoms with Crippen molar-refractivity contribution in [3.8, 4) is 0 Å². The number of benzene rings is 3. The average Bonchev–Trinajstić information content (AvgIpc) is 3.25. The van der Waals surface area contributed by atoms with Gasteiger partial charge in [0, 0.05) is 17.8 Å². The first-order chi connectivity index (χ1) is 18.6. The molecule has 3 aromatic carbocycles. The lowest BCUT2D eigenvalue weighted by atomic mass is 9.79. The zero-order chi connectivity index (χ0) is 28.2. The van der Waals surface area contributed by atoms with E-state index in [1.165, 1.54) is 49.4 Å². The van der Waals surface area contributed by atoms with Gasteiger partial charge in [-0.25, -0.2) is 0 Å². The molecule has 38 heavy (non-hydrogen) atoms. The van der Waals surface area contributed by atoms with Gasteiger partial charge in [-0.15, -0.1) is 13.2 Å². The summed E-state index contributed by atoms with van der Waals surface area (Å²) in [7, 11) is 0. The first-order valence-electron chi connectivity index (χ1n) is 14.1. The predicted octanol–water partition coefficient (Wildman–Crippen LogP) is 11.8. The third-order valence-electron chi connectivity index (χ3n) is 7.00. The van der Waals surface area contributed by atoms with Crippen LogP contribution in [0.25, 0.3) is 27.1 Å². The fourth-order valence-corrected chi connectivity index (χ4v) is 5.52. The molecule has 0 heteroatoms. The monoisotopic (exact) mass is 502 g/mol. The lowest BCUT2D eigenvalue weighted by Gasteiger charge is -2.25. The largest absolute Gasteiger partial charge is 0.106 e. The van der Waals surface area contributed by atoms with Crippen molar-refractivity contribution in [3.63, 3.8) is 0 Å². The van der Waals surface area contributed by atoms with Crippen molar-refractivity contribution in [2.24, 2.45) is 11.8 Å². The Hall–Kier alpha value is -3.64. The summed E-state index contributed by atoms with van der Waals surface area (Å²) in [6, 6.07) is 18.0. The molecule has 0 fully saturated rings. The van der Waals surface area contributed by atoms with Crippen LogP contribution < -0.4 is 0 Å². The number of allylic oxidation sites excluding steroid dienone is 11. The smallest absolute Gasteiger partial charge is 0.00704 e. The molecular weight excluding hydrogens is 456 g/mol. The molecule has 2 aliphatic carbocycles. The SMILES string of the molecule is C=C.C=C/C=C/C1C=C2C(=CC1/C=C(C)/C=C\C)C(C)c1ccc3c(ccc4ccccc43)c12.CC.CC. The molecular formula is C38H46. The van der Waals surface area contributed by atoms with Gasteiger partial charge in [0.1, 0.15) is 0 Å². The van der Waals surface area contributed by atoms with E-state index in [4.69, 9.17) is 0 Å². The van der Waals surface area contributed by atoms with Gasteiger partial charge < -0.3 is 0 Å². The minimum atomic E-state index is 0.320. The summed E-state index contributed by atoms with van der Waals surface area (Å²) in [6.07, 6.45) is 18.0. The van der Waals surface area contributed by atoms with E-state index in [1.54, 1.807) is 0 Å². The van der Waals surface area contributed by atoms with Crippen molar-refractivity contribution < 1.29 is 0 Å². The Morgan fingerprint density at radius 1 is 0.816 bits per heavy atom. The molecule has 0 aliphatic heterocycles. The van der Waals surface area contributed by atoms with Crippen LogP contribution in [0, 0.1) is 11.8 Å². The molecule has 0 bridgehead atoms. The second-order valence-electron chi connectivity index (χ2n) is 9.02.